The maximum absolute atomic E-state index is 9.22. The third-order valence-electron chi connectivity index (χ3n) is 3.43. The predicted octanol–water partition coefficient (Wildman–Crippen LogP) is 0.445. The molecule has 1 fully saturated rings. The van der Waals surface area contributed by atoms with Gasteiger partial charge in [0.25, 0.3) is 0 Å². The molecule has 0 aromatic carbocycles. The van der Waals surface area contributed by atoms with Crippen LogP contribution in [0.1, 0.15) is 25.7 Å². The van der Waals surface area contributed by atoms with Crippen molar-refractivity contribution in [2.24, 2.45) is 11.7 Å². The molecule has 1 saturated heterocycles. The maximum Gasteiger partial charge on any atom is 0.0618 e. The highest BCUT2D eigenvalue weighted by atomic mass is 16.5. The van der Waals surface area contributed by atoms with Gasteiger partial charge in [-0.15, -0.1) is 0 Å². The minimum Gasteiger partial charge on any atom is -0.396 e. The Labute approximate surface area is 98.8 Å². The number of methoxy groups -OCH3 is 1. The zero-order valence-electron chi connectivity index (χ0n) is 10.4. The van der Waals surface area contributed by atoms with Crippen LogP contribution in [0, 0.1) is 5.92 Å². The van der Waals surface area contributed by atoms with Gasteiger partial charge in [0, 0.05) is 26.3 Å². The van der Waals surface area contributed by atoms with Crippen LogP contribution < -0.4 is 5.73 Å². The van der Waals surface area contributed by atoms with Crippen LogP contribution in [0.4, 0.5) is 0 Å². The fourth-order valence-corrected chi connectivity index (χ4v) is 2.50. The van der Waals surface area contributed by atoms with E-state index in [-0.39, 0.29) is 0 Å². The fourth-order valence-electron chi connectivity index (χ4n) is 2.50. The van der Waals surface area contributed by atoms with Crippen LogP contribution >= 0.6 is 0 Å². The monoisotopic (exact) mass is 230 g/mol. The number of aliphatic hydroxyl groups excluding tert-OH is 1. The molecular weight excluding hydrogens is 204 g/mol. The SMILES string of the molecule is COCC(CCCN)N1CCCC(CO)C1. The first-order valence-electron chi connectivity index (χ1n) is 6.35. The molecule has 0 radical (unpaired) electrons. The lowest BCUT2D eigenvalue weighted by Gasteiger charge is -2.37. The second kappa shape index (κ2) is 8.01. The van der Waals surface area contributed by atoms with Gasteiger partial charge >= 0.3 is 0 Å². The van der Waals surface area contributed by atoms with Crippen LogP contribution in [-0.2, 0) is 4.74 Å². The Kier molecular flexibility index (Phi) is 6.96. The number of rotatable bonds is 7. The van der Waals surface area contributed by atoms with Crippen molar-refractivity contribution in [3.05, 3.63) is 0 Å². The molecule has 0 aromatic rings. The first-order valence-corrected chi connectivity index (χ1v) is 6.35. The molecule has 0 amide bonds. The average molecular weight is 230 g/mol. The third-order valence-corrected chi connectivity index (χ3v) is 3.43. The smallest absolute Gasteiger partial charge is 0.0618 e. The summed E-state index contributed by atoms with van der Waals surface area (Å²) in [5.74, 6) is 0.450. The van der Waals surface area contributed by atoms with E-state index >= 15 is 0 Å². The van der Waals surface area contributed by atoms with E-state index in [2.05, 4.69) is 4.90 Å². The van der Waals surface area contributed by atoms with Crippen LogP contribution in [0.3, 0.4) is 0 Å². The van der Waals surface area contributed by atoms with Gasteiger partial charge in [-0.25, -0.2) is 0 Å². The number of ether oxygens (including phenoxy) is 1. The summed E-state index contributed by atoms with van der Waals surface area (Å²) in [6, 6.07) is 0.475. The maximum atomic E-state index is 9.22. The summed E-state index contributed by atoms with van der Waals surface area (Å²) in [7, 11) is 1.75. The van der Waals surface area contributed by atoms with E-state index in [9.17, 15) is 5.11 Å². The van der Waals surface area contributed by atoms with E-state index in [0.29, 0.717) is 18.6 Å². The number of likely N-dealkylation sites (tertiary alicyclic amines) is 1. The van der Waals surface area contributed by atoms with Gasteiger partial charge in [0.2, 0.25) is 0 Å². The lowest BCUT2D eigenvalue weighted by atomic mass is 9.96. The standard InChI is InChI=1S/C12H26N2O2/c1-16-10-12(5-2-6-13)14-7-3-4-11(8-14)9-15/h11-12,15H,2-10,13H2,1H3. The first kappa shape index (κ1) is 13.9. The molecule has 0 bridgehead atoms. The topological polar surface area (TPSA) is 58.7 Å². The lowest BCUT2D eigenvalue weighted by Crippen LogP contribution is -2.45. The van der Waals surface area contributed by atoms with E-state index in [0.717, 1.165) is 45.5 Å². The van der Waals surface area contributed by atoms with Crippen molar-refractivity contribution in [2.45, 2.75) is 31.7 Å². The molecule has 1 aliphatic rings. The summed E-state index contributed by atoms with van der Waals surface area (Å²) < 4.78 is 5.28. The molecular formula is C12H26N2O2. The molecule has 0 spiro atoms. The molecule has 2 atom stereocenters. The second-order valence-corrected chi connectivity index (χ2v) is 4.73. The molecule has 0 saturated carbocycles. The number of nitrogens with zero attached hydrogens (tertiary/aromatic N) is 1. The summed E-state index contributed by atoms with van der Waals surface area (Å²) in [6.07, 6.45) is 4.49. The highest BCUT2D eigenvalue weighted by molar-refractivity contribution is 4.79. The van der Waals surface area contributed by atoms with Crippen molar-refractivity contribution >= 4 is 0 Å². The molecule has 96 valence electrons. The van der Waals surface area contributed by atoms with Crippen molar-refractivity contribution in [1.82, 2.24) is 4.90 Å². The van der Waals surface area contributed by atoms with Crippen LogP contribution in [0.5, 0.6) is 0 Å². The van der Waals surface area contributed by atoms with Crippen LogP contribution in [-0.4, -0.2) is 56.0 Å². The second-order valence-electron chi connectivity index (χ2n) is 4.73. The van der Waals surface area contributed by atoms with Gasteiger partial charge in [-0.2, -0.15) is 0 Å². The van der Waals surface area contributed by atoms with Crippen molar-refractivity contribution in [3.63, 3.8) is 0 Å². The molecule has 0 aromatic heterocycles. The normalized spacial score (nSPS) is 24.6. The van der Waals surface area contributed by atoms with Gasteiger partial charge in [0.15, 0.2) is 0 Å². The third kappa shape index (κ3) is 4.37. The van der Waals surface area contributed by atoms with E-state index in [4.69, 9.17) is 10.5 Å². The molecule has 2 unspecified atom stereocenters. The van der Waals surface area contributed by atoms with E-state index in [1.807, 2.05) is 0 Å². The molecule has 4 heteroatoms. The van der Waals surface area contributed by atoms with Crippen LogP contribution in [0.2, 0.25) is 0 Å². The van der Waals surface area contributed by atoms with Gasteiger partial charge in [0.05, 0.1) is 6.61 Å². The first-order chi connectivity index (χ1) is 7.81. The highest BCUT2D eigenvalue weighted by Gasteiger charge is 2.24. The van der Waals surface area contributed by atoms with E-state index in [1.165, 1.54) is 6.42 Å². The Bertz CT molecular complexity index is 176. The Balaban J connectivity index is 2.41. The van der Waals surface area contributed by atoms with Crippen LogP contribution in [0.15, 0.2) is 0 Å². The Morgan fingerprint density at radius 3 is 3.00 bits per heavy atom. The summed E-state index contributed by atoms with van der Waals surface area (Å²) in [6.45, 7) is 3.98. The zero-order chi connectivity index (χ0) is 11.8. The summed E-state index contributed by atoms with van der Waals surface area (Å²) >= 11 is 0. The van der Waals surface area contributed by atoms with E-state index < -0.39 is 0 Å². The molecule has 1 rings (SSSR count). The predicted molar refractivity (Wildman–Crippen MR) is 65.3 cm³/mol. The molecule has 1 heterocycles. The molecule has 0 aliphatic carbocycles. The summed E-state index contributed by atoms with van der Waals surface area (Å²) in [4.78, 5) is 2.46. The molecule has 4 nitrogen and oxygen atoms in total. The van der Waals surface area contributed by atoms with Gasteiger partial charge < -0.3 is 15.6 Å². The average Bonchev–Trinajstić information content (AvgIpc) is 2.34. The van der Waals surface area contributed by atoms with Crippen molar-refractivity contribution in [2.75, 3.05) is 40.0 Å². The zero-order valence-corrected chi connectivity index (χ0v) is 10.4. The number of piperidine rings is 1. The number of hydrogen-bond donors (Lipinski definition) is 2. The quantitative estimate of drug-likeness (QED) is 0.666. The van der Waals surface area contributed by atoms with Gasteiger partial charge in [-0.1, -0.05) is 0 Å². The molecule has 16 heavy (non-hydrogen) atoms. The lowest BCUT2D eigenvalue weighted by molar-refractivity contribution is 0.0410. The van der Waals surface area contributed by atoms with Crippen molar-refractivity contribution in [3.8, 4) is 0 Å². The van der Waals surface area contributed by atoms with Crippen molar-refractivity contribution < 1.29 is 9.84 Å². The van der Waals surface area contributed by atoms with Gasteiger partial charge in [0.1, 0.15) is 0 Å². The van der Waals surface area contributed by atoms with Crippen molar-refractivity contribution in [1.29, 1.82) is 0 Å². The Morgan fingerprint density at radius 1 is 1.56 bits per heavy atom. The van der Waals surface area contributed by atoms with Gasteiger partial charge in [-0.3, -0.25) is 4.90 Å². The van der Waals surface area contributed by atoms with Gasteiger partial charge in [-0.05, 0) is 44.7 Å². The summed E-state index contributed by atoms with van der Waals surface area (Å²) in [5, 5.41) is 9.22. The molecule has 1 aliphatic heterocycles. The fraction of sp³-hybridized carbons (Fsp3) is 1.00. The largest absolute Gasteiger partial charge is 0.396 e. The van der Waals surface area contributed by atoms with Crippen LogP contribution in [0.25, 0.3) is 0 Å². The minimum absolute atomic E-state index is 0.313. The Morgan fingerprint density at radius 2 is 2.38 bits per heavy atom. The number of hydrogen-bond acceptors (Lipinski definition) is 4. The van der Waals surface area contributed by atoms with E-state index in [1.54, 1.807) is 7.11 Å². The Hall–Kier alpha value is -0.160. The number of aliphatic hydroxyl groups is 1. The highest BCUT2D eigenvalue weighted by Crippen LogP contribution is 2.20. The molecule has 3 N–H and O–H groups in total. The summed E-state index contributed by atoms with van der Waals surface area (Å²) in [5.41, 5.74) is 5.56. The minimum atomic E-state index is 0.313. The number of nitrogens with two attached hydrogens (primary N) is 1.